The Morgan fingerprint density at radius 1 is 0.696 bits per heavy atom. The SMILES string of the molecule is CN1C(=O)CN=C(Cl)c2cc(Cl)ccc21.COc1cccc(Br)n1.COc1cccc(C2=NCC(=O)N(C)c3ccc(Cl)cc32)n1. The number of fused-ring (bicyclic) bond motifs is 2. The molecule has 0 unspecified atom stereocenters. The van der Waals surface area contributed by atoms with Gasteiger partial charge in [-0.1, -0.05) is 46.9 Å². The first-order chi connectivity index (χ1) is 22.0. The van der Waals surface area contributed by atoms with Gasteiger partial charge in [0.2, 0.25) is 23.6 Å². The summed E-state index contributed by atoms with van der Waals surface area (Å²) in [6.07, 6.45) is 0. The first-order valence-corrected chi connectivity index (χ1v) is 15.5. The Kier molecular flexibility index (Phi) is 12.1. The van der Waals surface area contributed by atoms with E-state index in [-0.39, 0.29) is 24.9 Å². The van der Waals surface area contributed by atoms with Crippen molar-refractivity contribution in [3.8, 4) is 11.8 Å². The van der Waals surface area contributed by atoms with Crippen molar-refractivity contribution < 1.29 is 19.1 Å². The molecular weight excluding hydrogens is 719 g/mol. The number of methoxy groups -OCH3 is 2. The van der Waals surface area contributed by atoms with Gasteiger partial charge >= 0.3 is 0 Å². The molecule has 0 atom stereocenters. The normalized spacial score (nSPS) is 13.7. The molecule has 4 heterocycles. The monoisotopic (exact) mass is 744 g/mol. The lowest BCUT2D eigenvalue weighted by atomic mass is 10.0. The van der Waals surface area contributed by atoms with Gasteiger partial charge in [-0.05, 0) is 64.5 Å². The Labute approximate surface area is 289 Å². The third-order valence-electron chi connectivity index (χ3n) is 6.67. The number of pyridine rings is 2. The van der Waals surface area contributed by atoms with E-state index in [1.807, 2.05) is 30.3 Å². The average molecular weight is 747 g/mol. The van der Waals surface area contributed by atoms with Crippen LogP contribution in [0.5, 0.6) is 11.8 Å². The molecule has 0 N–H and O–H groups in total. The molecule has 0 saturated carbocycles. The van der Waals surface area contributed by atoms with Crippen molar-refractivity contribution in [3.63, 3.8) is 0 Å². The largest absolute Gasteiger partial charge is 0.481 e. The van der Waals surface area contributed by atoms with Crippen molar-refractivity contribution in [2.75, 3.05) is 51.2 Å². The number of anilines is 2. The van der Waals surface area contributed by atoms with Crippen LogP contribution in [0.4, 0.5) is 11.4 Å². The second-order valence-electron chi connectivity index (χ2n) is 9.57. The van der Waals surface area contributed by atoms with Gasteiger partial charge in [-0.15, -0.1) is 0 Å². The van der Waals surface area contributed by atoms with Gasteiger partial charge in [-0.25, -0.2) is 9.97 Å². The number of amides is 2. The molecule has 238 valence electrons. The Morgan fingerprint density at radius 3 is 1.78 bits per heavy atom. The number of benzodiazepines with no additional fused rings is 2. The Balaban J connectivity index is 0.000000172. The van der Waals surface area contributed by atoms with E-state index in [1.54, 1.807) is 75.7 Å². The third-order valence-corrected chi connectivity index (χ3v) is 7.90. The number of nitrogens with zero attached hydrogens (tertiary/aromatic N) is 6. The minimum Gasteiger partial charge on any atom is -0.481 e. The molecule has 0 radical (unpaired) electrons. The molecule has 2 aliphatic heterocycles. The van der Waals surface area contributed by atoms with Gasteiger partial charge < -0.3 is 19.3 Å². The summed E-state index contributed by atoms with van der Waals surface area (Å²) >= 11 is 21.2. The maximum absolute atomic E-state index is 12.1. The molecule has 4 aromatic rings. The Morgan fingerprint density at radius 2 is 1.22 bits per heavy atom. The highest BCUT2D eigenvalue weighted by molar-refractivity contribution is 9.10. The van der Waals surface area contributed by atoms with E-state index in [1.165, 1.54) is 4.90 Å². The zero-order valence-corrected chi connectivity index (χ0v) is 29.0. The summed E-state index contributed by atoms with van der Waals surface area (Å²) in [6.45, 7) is 0.138. The third kappa shape index (κ3) is 8.61. The minimum absolute atomic E-state index is 0.0665. The van der Waals surface area contributed by atoms with Crippen LogP contribution in [0.3, 0.4) is 0 Å². The van der Waals surface area contributed by atoms with Gasteiger partial charge in [0.05, 0.1) is 37.0 Å². The number of rotatable bonds is 3. The first kappa shape index (κ1) is 34.8. The number of benzene rings is 2. The number of ether oxygens (including phenoxy) is 2. The number of aliphatic imine (C=N–C) groups is 2. The summed E-state index contributed by atoms with van der Waals surface area (Å²) < 4.78 is 10.8. The molecule has 2 amide bonds. The zero-order valence-electron chi connectivity index (χ0n) is 25.2. The van der Waals surface area contributed by atoms with Crippen LogP contribution in [0, 0.1) is 0 Å². The standard InChI is InChI=1S/C16H14ClN3O2.C10H8Cl2N2O.C6H6BrNO/c1-20-13-7-6-10(17)8-11(13)16(18-9-15(20)21)12-4-3-5-14(19-12)22-2;1-14-8-3-2-6(11)4-7(8)10(12)13-5-9(14)15;1-9-6-4-2-3-5(7)8-6/h3-8H,9H2,1-2H3;2-4H,5H2,1H3;2-4H,1H3. The second kappa shape index (κ2) is 16.0. The summed E-state index contributed by atoms with van der Waals surface area (Å²) in [5, 5.41) is 1.48. The molecule has 46 heavy (non-hydrogen) atoms. The fraction of sp³-hybridized carbons (Fsp3) is 0.188. The Bertz CT molecular complexity index is 1820. The lowest BCUT2D eigenvalue weighted by Gasteiger charge is -2.18. The quantitative estimate of drug-likeness (QED) is 0.216. The van der Waals surface area contributed by atoms with E-state index >= 15 is 0 Å². The van der Waals surface area contributed by atoms with Crippen LogP contribution in [-0.2, 0) is 9.59 Å². The first-order valence-electron chi connectivity index (χ1n) is 13.6. The van der Waals surface area contributed by atoms with Crippen molar-refractivity contribution >= 4 is 84.8 Å². The van der Waals surface area contributed by atoms with Crippen LogP contribution in [-0.4, -0.2) is 74.1 Å². The number of carbonyl (C=O) groups excluding carboxylic acids is 2. The van der Waals surface area contributed by atoms with E-state index in [2.05, 4.69) is 35.9 Å². The van der Waals surface area contributed by atoms with Gasteiger partial charge in [0.25, 0.3) is 0 Å². The van der Waals surface area contributed by atoms with E-state index in [9.17, 15) is 9.59 Å². The molecule has 2 aromatic heterocycles. The van der Waals surface area contributed by atoms with E-state index in [0.29, 0.717) is 43.9 Å². The van der Waals surface area contributed by atoms with Gasteiger partial charge in [0.1, 0.15) is 22.9 Å². The summed E-state index contributed by atoms with van der Waals surface area (Å²) in [4.78, 5) is 43.6. The topological polar surface area (TPSA) is 110 Å². The molecule has 10 nitrogen and oxygen atoms in total. The predicted octanol–water partition coefficient (Wildman–Crippen LogP) is 6.71. The maximum atomic E-state index is 12.1. The molecule has 2 aliphatic rings. The zero-order chi connectivity index (χ0) is 33.4. The number of carbonyl (C=O) groups is 2. The number of likely N-dealkylation sites (N-methyl/N-ethyl adjacent to an activating group) is 2. The van der Waals surface area contributed by atoms with Crippen molar-refractivity contribution in [1.82, 2.24) is 9.97 Å². The Hall–Kier alpha value is -4.03. The average Bonchev–Trinajstić information content (AvgIpc) is 3.25. The molecule has 2 aromatic carbocycles. The molecule has 0 spiro atoms. The lowest BCUT2D eigenvalue weighted by molar-refractivity contribution is -0.117. The van der Waals surface area contributed by atoms with Crippen LogP contribution in [0.2, 0.25) is 10.0 Å². The molecule has 6 rings (SSSR count). The number of halogens is 4. The lowest BCUT2D eigenvalue weighted by Crippen LogP contribution is -2.27. The maximum Gasteiger partial charge on any atom is 0.248 e. The molecule has 0 bridgehead atoms. The van der Waals surface area contributed by atoms with Crippen molar-refractivity contribution in [2.24, 2.45) is 9.98 Å². The van der Waals surface area contributed by atoms with Gasteiger partial charge in [-0.2, -0.15) is 0 Å². The highest BCUT2D eigenvalue weighted by Crippen LogP contribution is 2.29. The fourth-order valence-corrected chi connectivity index (χ4v) is 5.16. The summed E-state index contributed by atoms with van der Waals surface area (Å²) in [5.41, 5.74) is 4.24. The van der Waals surface area contributed by atoms with Crippen LogP contribution in [0.15, 0.2) is 87.4 Å². The molecule has 0 saturated heterocycles. The van der Waals surface area contributed by atoms with Crippen molar-refractivity contribution in [3.05, 3.63) is 104 Å². The minimum atomic E-state index is -0.0887. The summed E-state index contributed by atoms with van der Waals surface area (Å²) in [5.74, 6) is 0.952. The van der Waals surface area contributed by atoms with Crippen molar-refractivity contribution in [2.45, 2.75) is 0 Å². The highest BCUT2D eigenvalue weighted by atomic mass is 79.9. The van der Waals surface area contributed by atoms with Crippen LogP contribution in [0.25, 0.3) is 0 Å². The molecular formula is C32H28BrCl3N6O4. The van der Waals surface area contributed by atoms with E-state index in [0.717, 1.165) is 21.5 Å². The van der Waals surface area contributed by atoms with Gasteiger partial charge in [0.15, 0.2) is 0 Å². The highest BCUT2D eigenvalue weighted by Gasteiger charge is 2.24. The number of hydrogen-bond acceptors (Lipinski definition) is 8. The van der Waals surface area contributed by atoms with Gasteiger partial charge in [-0.3, -0.25) is 19.6 Å². The van der Waals surface area contributed by atoms with E-state index < -0.39 is 0 Å². The van der Waals surface area contributed by atoms with Crippen molar-refractivity contribution in [1.29, 1.82) is 0 Å². The smallest absolute Gasteiger partial charge is 0.248 e. The van der Waals surface area contributed by atoms with Crippen LogP contribution < -0.4 is 19.3 Å². The van der Waals surface area contributed by atoms with Crippen LogP contribution >= 0.6 is 50.7 Å². The van der Waals surface area contributed by atoms with E-state index in [4.69, 9.17) is 44.3 Å². The summed E-state index contributed by atoms with van der Waals surface area (Å²) in [7, 11) is 6.57. The summed E-state index contributed by atoms with van der Waals surface area (Å²) in [6, 6.07) is 21.5. The van der Waals surface area contributed by atoms with Gasteiger partial charge in [0, 0.05) is 47.4 Å². The number of aromatic nitrogens is 2. The molecule has 14 heteroatoms. The molecule has 0 aliphatic carbocycles. The fourth-order valence-electron chi connectivity index (χ4n) is 4.27. The molecule has 0 fully saturated rings. The van der Waals surface area contributed by atoms with Crippen LogP contribution in [0.1, 0.15) is 16.8 Å². The predicted molar refractivity (Wildman–Crippen MR) is 187 cm³/mol. The number of hydrogen-bond donors (Lipinski definition) is 0. The second-order valence-corrected chi connectivity index (χ2v) is 11.6.